The molecular formula is C16H30N4O5S. The molecule has 3 rings (SSSR count). The summed E-state index contributed by atoms with van der Waals surface area (Å²) in [5.74, 6) is 0.0543. The first-order valence-electron chi connectivity index (χ1n) is 9.36. The summed E-state index contributed by atoms with van der Waals surface area (Å²) in [6.45, 7) is 8.05. The van der Waals surface area contributed by atoms with E-state index in [1.165, 1.54) is 8.61 Å². The molecule has 3 aliphatic heterocycles. The highest BCUT2D eigenvalue weighted by atomic mass is 32.2. The Hall–Kier alpha value is -0.780. The Bertz CT molecular complexity index is 577. The van der Waals surface area contributed by atoms with Crippen LogP contribution in [0.2, 0.25) is 0 Å². The Morgan fingerprint density at radius 2 is 1.73 bits per heavy atom. The minimum absolute atomic E-state index is 0.0503. The van der Waals surface area contributed by atoms with Gasteiger partial charge < -0.3 is 19.7 Å². The van der Waals surface area contributed by atoms with E-state index in [1.54, 1.807) is 4.90 Å². The number of carbonyl (C=O) groups is 1. The molecule has 0 radical (unpaired) electrons. The van der Waals surface area contributed by atoms with Crippen molar-refractivity contribution in [2.24, 2.45) is 0 Å². The average molecular weight is 391 g/mol. The van der Waals surface area contributed by atoms with Crippen molar-refractivity contribution in [2.45, 2.75) is 38.5 Å². The molecule has 26 heavy (non-hydrogen) atoms. The summed E-state index contributed by atoms with van der Waals surface area (Å²) in [6.07, 6.45) is 0.175. The molecule has 3 unspecified atom stereocenters. The van der Waals surface area contributed by atoms with Gasteiger partial charge in [0.1, 0.15) is 0 Å². The van der Waals surface area contributed by atoms with Gasteiger partial charge in [-0.05, 0) is 13.8 Å². The minimum atomic E-state index is -3.51. The number of nitrogens with one attached hydrogen (secondary N) is 1. The Balaban J connectivity index is 1.51. The van der Waals surface area contributed by atoms with Gasteiger partial charge in [-0.15, -0.1) is 0 Å². The van der Waals surface area contributed by atoms with Crippen molar-refractivity contribution in [1.82, 2.24) is 18.8 Å². The van der Waals surface area contributed by atoms with E-state index in [2.05, 4.69) is 5.32 Å². The molecule has 1 amide bonds. The second-order valence-corrected chi connectivity index (χ2v) is 9.22. The lowest BCUT2D eigenvalue weighted by atomic mass is 10.1. The molecule has 3 aliphatic rings. The van der Waals surface area contributed by atoms with E-state index in [4.69, 9.17) is 9.47 Å². The number of nitrogens with zero attached hydrogens (tertiary/aromatic N) is 3. The van der Waals surface area contributed by atoms with E-state index in [9.17, 15) is 13.2 Å². The zero-order chi connectivity index (χ0) is 18.7. The van der Waals surface area contributed by atoms with Gasteiger partial charge in [0, 0.05) is 58.3 Å². The van der Waals surface area contributed by atoms with Crippen molar-refractivity contribution in [3.8, 4) is 0 Å². The number of amides is 1. The smallest absolute Gasteiger partial charge is 0.282 e. The first-order valence-corrected chi connectivity index (χ1v) is 10.8. The largest absolute Gasteiger partial charge is 0.378 e. The number of rotatable bonds is 4. The second-order valence-electron chi connectivity index (χ2n) is 7.29. The molecule has 0 aromatic carbocycles. The van der Waals surface area contributed by atoms with Gasteiger partial charge in [0.15, 0.2) is 0 Å². The fraction of sp³-hybridized carbons (Fsp3) is 0.938. The molecule has 9 nitrogen and oxygen atoms in total. The maximum Gasteiger partial charge on any atom is 0.282 e. The maximum atomic E-state index is 12.9. The first-order chi connectivity index (χ1) is 12.4. The molecule has 1 N–H and O–H groups in total. The summed E-state index contributed by atoms with van der Waals surface area (Å²) in [7, 11) is -3.51. The van der Waals surface area contributed by atoms with Crippen molar-refractivity contribution in [3.05, 3.63) is 0 Å². The summed E-state index contributed by atoms with van der Waals surface area (Å²) in [5, 5.41) is 3.28. The van der Waals surface area contributed by atoms with E-state index in [0.717, 1.165) is 6.54 Å². The fourth-order valence-electron chi connectivity index (χ4n) is 3.74. The molecule has 3 saturated heterocycles. The van der Waals surface area contributed by atoms with Crippen LogP contribution in [0.15, 0.2) is 0 Å². The predicted molar refractivity (Wildman–Crippen MR) is 95.9 cm³/mol. The SMILES string of the molecule is CC1CN(S(=O)(=O)N2CCN(C(=O)CC3COCCN3)CC2)CC(C)O1. The molecule has 3 fully saturated rings. The highest BCUT2D eigenvalue weighted by Gasteiger charge is 2.37. The lowest BCUT2D eigenvalue weighted by molar-refractivity contribution is -0.133. The molecule has 0 bridgehead atoms. The summed E-state index contributed by atoms with van der Waals surface area (Å²) in [5.41, 5.74) is 0. The van der Waals surface area contributed by atoms with Gasteiger partial charge in [-0.25, -0.2) is 0 Å². The Morgan fingerprint density at radius 1 is 1.08 bits per heavy atom. The maximum absolute atomic E-state index is 12.9. The average Bonchev–Trinajstić information content (AvgIpc) is 2.62. The van der Waals surface area contributed by atoms with Gasteiger partial charge in [-0.3, -0.25) is 4.79 Å². The lowest BCUT2D eigenvalue weighted by Crippen LogP contribution is -2.58. The quantitative estimate of drug-likeness (QED) is 0.653. The molecule has 3 heterocycles. The van der Waals surface area contributed by atoms with Crippen LogP contribution in [-0.2, 0) is 24.5 Å². The van der Waals surface area contributed by atoms with Crippen LogP contribution in [0.3, 0.4) is 0 Å². The van der Waals surface area contributed by atoms with Gasteiger partial charge in [-0.1, -0.05) is 0 Å². The van der Waals surface area contributed by atoms with Gasteiger partial charge in [0.05, 0.1) is 25.4 Å². The van der Waals surface area contributed by atoms with Crippen LogP contribution >= 0.6 is 0 Å². The monoisotopic (exact) mass is 390 g/mol. The molecular weight excluding hydrogens is 360 g/mol. The zero-order valence-corrected chi connectivity index (χ0v) is 16.4. The van der Waals surface area contributed by atoms with Crippen LogP contribution in [0.5, 0.6) is 0 Å². The summed E-state index contributed by atoms with van der Waals surface area (Å²) < 4.78 is 39.8. The molecule has 0 spiro atoms. The predicted octanol–water partition coefficient (Wildman–Crippen LogP) is -1.14. The normalized spacial score (nSPS) is 32.5. The number of hydrogen-bond acceptors (Lipinski definition) is 6. The van der Waals surface area contributed by atoms with E-state index in [1.807, 2.05) is 13.8 Å². The molecule has 0 saturated carbocycles. The third kappa shape index (κ3) is 4.73. The third-order valence-corrected chi connectivity index (χ3v) is 7.02. The number of ether oxygens (including phenoxy) is 2. The summed E-state index contributed by atoms with van der Waals surface area (Å²) in [6, 6.07) is 0.0503. The van der Waals surface area contributed by atoms with Crippen LogP contribution in [0.1, 0.15) is 20.3 Å². The van der Waals surface area contributed by atoms with E-state index in [-0.39, 0.29) is 24.2 Å². The highest BCUT2D eigenvalue weighted by Crippen LogP contribution is 2.19. The topological polar surface area (TPSA) is 91.4 Å². The lowest BCUT2D eigenvalue weighted by Gasteiger charge is -2.40. The van der Waals surface area contributed by atoms with Gasteiger partial charge >= 0.3 is 0 Å². The number of carbonyl (C=O) groups excluding carboxylic acids is 1. The van der Waals surface area contributed by atoms with Crippen molar-refractivity contribution < 1.29 is 22.7 Å². The summed E-state index contributed by atoms with van der Waals surface area (Å²) >= 11 is 0. The van der Waals surface area contributed by atoms with Crippen LogP contribution in [0, 0.1) is 0 Å². The zero-order valence-electron chi connectivity index (χ0n) is 15.6. The summed E-state index contributed by atoms with van der Waals surface area (Å²) in [4.78, 5) is 14.2. The standard InChI is InChI=1S/C16H30N4O5S/c1-13-10-20(11-14(2)25-13)26(22,23)19-6-4-18(5-7-19)16(21)9-15-12-24-8-3-17-15/h13-15,17H,3-12H2,1-2H3. The van der Waals surface area contributed by atoms with Crippen LogP contribution < -0.4 is 5.32 Å². The second kappa shape index (κ2) is 8.49. The van der Waals surface area contributed by atoms with Gasteiger partial charge in [-0.2, -0.15) is 17.0 Å². The number of morpholine rings is 2. The molecule has 0 aromatic heterocycles. The Morgan fingerprint density at radius 3 is 2.31 bits per heavy atom. The van der Waals surface area contributed by atoms with Gasteiger partial charge in [0.2, 0.25) is 5.91 Å². The van der Waals surface area contributed by atoms with Crippen molar-refractivity contribution >= 4 is 16.1 Å². The molecule has 3 atom stereocenters. The van der Waals surface area contributed by atoms with E-state index >= 15 is 0 Å². The Labute approximate surface area is 155 Å². The van der Waals surface area contributed by atoms with Crippen molar-refractivity contribution in [1.29, 1.82) is 0 Å². The van der Waals surface area contributed by atoms with Gasteiger partial charge in [0.25, 0.3) is 10.2 Å². The number of piperazine rings is 1. The fourth-order valence-corrected chi connectivity index (χ4v) is 5.49. The molecule has 10 heteroatoms. The van der Waals surface area contributed by atoms with E-state index in [0.29, 0.717) is 58.9 Å². The first kappa shape index (κ1) is 20.0. The Kier molecular flexibility index (Phi) is 6.52. The number of hydrogen-bond donors (Lipinski definition) is 1. The highest BCUT2D eigenvalue weighted by molar-refractivity contribution is 7.86. The third-order valence-electron chi connectivity index (χ3n) is 5.05. The molecule has 0 aliphatic carbocycles. The molecule has 0 aromatic rings. The van der Waals surface area contributed by atoms with Crippen LogP contribution in [0.4, 0.5) is 0 Å². The van der Waals surface area contributed by atoms with E-state index < -0.39 is 10.2 Å². The van der Waals surface area contributed by atoms with Crippen molar-refractivity contribution in [3.63, 3.8) is 0 Å². The minimum Gasteiger partial charge on any atom is -0.378 e. The van der Waals surface area contributed by atoms with Crippen molar-refractivity contribution in [2.75, 3.05) is 59.0 Å². The molecule has 150 valence electrons. The van der Waals surface area contributed by atoms with Crippen LogP contribution in [-0.4, -0.2) is 105 Å². The van der Waals surface area contributed by atoms with Crippen LogP contribution in [0.25, 0.3) is 0 Å².